The number of anilines is 2. The lowest BCUT2D eigenvalue weighted by atomic mass is 10.0. The molecule has 2 aromatic rings. The predicted octanol–water partition coefficient (Wildman–Crippen LogP) is 5.47. The van der Waals surface area contributed by atoms with Gasteiger partial charge in [0.1, 0.15) is 0 Å². The molecule has 0 aliphatic carbocycles. The van der Waals surface area contributed by atoms with Crippen molar-refractivity contribution in [2.45, 2.75) is 47.6 Å². The summed E-state index contributed by atoms with van der Waals surface area (Å²) in [5, 5.41) is 0. The smallest absolute Gasteiger partial charge is 0.0445 e. The molecule has 0 radical (unpaired) electrons. The van der Waals surface area contributed by atoms with Gasteiger partial charge in [-0.25, -0.2) is 0 Å². The number of hydrogen-bond acceptors (Lipinski definition) is 1. The Morgan fingerprint density at radius 3 is 1.45 bits per heavy atom. The molecule has 0 aliphatic heterocycles. The maximum absolute atomic E-state index is 2.45. The van der Waals surface area contributed by atoms with E-state index < -0.39 is 0 Å². The summed E-state index contributed by atoms with van der Waals surface area (Å²) >= 11 is 0. The van der Waals surface area contributed by atoms with Crippen molar-refractivity contribution in [3.05, 3.63) is 58.7 Å². The molecule has 2 rings (SSSR count). The minimum absolute atomic E-state index is 0.427. The van der Waals surface area contributed by atoms with E-state index >= 15 is 0 Å². The Morgan fingerprint density at radius 1 is 0.700 bits per heavy atom. The second-order valence-electron chi connectivity index (χ2n) is 6.04. The molecule has 0 bridgehead atoms. The van der Waals surface area contributed by atoms with Gasteiger partial charge in [-0.2, -0.15) is 0 Å². The molecule has 1 heteroatoms. The van der Waals surface area contributed by atoms with Gasteiger partial charge in [-0.3, -0.25) is 0 Å². The molecule has 20 heavy (non-hydrogen) atoms. The largest absolute Gasteiger partial charge is 0.338 e. The zero-order valence-electron chi connectivity index (χ0n) is 13.5. The van der Waals surface area contributed by atoms with Crippen LogP contribution in [0.15, 0.2) is 36.4 Å². The fourth-order valence-electron chi connectivity index (χ4n) is 2.64. The monoisotopic (exact) mass is 267 g/mol. The van der Waals surface area contributed by atoms with Gasteiger partial charge in [0, 0.05) is 17.4 Å². The van der Waals surface area contributed by atoms with Crippen molar-refractivity contribution in [3.8, 4) is 0 Å². The molecule has 0 fully saturated rings. The topological polar surface area (TPSA) is 3.24 Å². The summed E-state index contributed by atoms with van der Waals surface area (Å²) in [6, 6.07) is 13.8. The summed E-state index contributed by atoms with van der Waals surface area (Å²) in [6.45, 7) is 13.2. The van der Waals surface area contributed by atoms with Crippen LogP contribution in [0.2, 0.25) is 0 Å². The second kappa shape index (κ2) is 5.70. The highest BCUT2D eigenvalue weighted by molar-refractivity contribution is 5.70. The molecule has 0 atom stereocenters. The highest BCUT2D eigenvalue weighted by atomic mass is 15.2. The number of nitrogens with zero attached hydrogens (tertiary/aromatic N) is 1. The molecule has 0 saturated carbocycles. The van der Waals surface area contributed by atoms with Crippen molar-refractivity contribution in [2.75, 3.05) is 4.90 Å². The average Bonchev–Trinajstić information content (AvgIpc) is 2.37. The Kier molecular flexibility index (Phi) is 4.17. The fraction of sp³-hybridized carbons (Fsp3) is 0.368. The lowest BCUT2D eigenvalue weighted by molar-refractivity contribution is 0.783. The molecule has 0 spiro atoms. The number of benzene rings is 2. The Bertz CT molecular complexity index is 560. The van der Waals surface area contributed by atoms with E-state index in [0.717, 1.165) is 0 Å². The molecule has 0 saturated heterocycles. The van der Waals surface area contributed by atoms with Crippen LogP contribution in [0.25, 0.3) is 0 Å². The third kappa shape index (κ3) is 2.87. The highest BCUT2D eigenvalue weighted by Crippen LogP contribution is 2.34. The van der Waals surface area contributed by atoms with Crippen molar-refractivity contribution in [1.29, 1.82) is 0 Å². The van der Waals surface area contributed by atoms with Gasteiger partial charge in [0.25, 0.3) is 0 Å². The van der Waals surface area contributed by atoms with E-state index in [1.807, 2.05) is 0 Å². The van der Waals surface area contributed by atoms with Gasteiger partial charge in [-0.15, -0.1) is 0 Å². The molecule has 0 aliphatic rings. The van der Waals surface area contributed by atoms with E-state index in [1.54, 1.807) is 0 Å². The lowest BCUT2D eigenvalue weighted by Gasteiger charge is -2.32. The van der Waals surface area contributed by atoms with Gasteiger partial charge in [0.15, 0.2) is 0 Å². The van der Waals surface area contributed by atoms with Crippen LogP contribution in [-0.2, 0) is 0 Å². The first-order chi connectivity index (χ1) is 9.40. The van der Waals surface area contributed by atoms with Crippen LogP contribution in [0, 0.1) is 27.7 Å². The normalized spacial score (nSPS) is 10.9. The van der Waals surface area contributed by atoms with Gasteiger partial charge in [0.05, 0.1) is 0 Å². The van der Waals surface area contributed by atoms with Crippen molar-refractivity contribution >= 4 is 11.4 Å². The van der Waals surface area contributed by atoms with Crippen molar-refractivity contribution in [2.24, 2.45) is 0 Å². The Hall–Kier alpha value is -1.76. The number of aryl methyl sites for hydroxylation is 4. The summed E-state index contributed by atoms with van der Waals surface area (Å²) in [5.41, 5.74) is 7.89. The van der Waals surface area contributed by atoms with E-state index in [2.05, 4.69) is 82.8 Å². The van der Waals surface area contributed by atoms with Crippen LogP contribution in [0.4, 0.5) is 11.4 Å². The first-order valence-corrected chi connectivity index (χ1v) is 7.34. The lowest BCUT2D eigenvalue weighted by Crippen LogP contribution is -2.27. The van der Waals surface area contributed by atoms with Crippen molar-refractivity contribution in [3.63, 3.8) is 0 Å². The van der Waals surface area contributed by atoms with Gasteiger partial charge < -0.3 is 4.90 Å². The molecular formula is C19H25N. The van der Waals surface area contributed by atoms with E-state index in [0.29, 0.717) is 6.04 Å². The molecule has 0 amide bonds. The third-order valence-electron chi connectivity index (χ3n) is 3.76. The predicted molar refractivity (Wildman–Crippen MR) is 89.1 cm³/mol. The first kappa shape index (κ1) is 14.6. The molecule has 0 heterocycles. The average molecular weight is 267 g/mol. The Balaban J connectivity index is 2.62. The van der Waals surface area contributed by atoms with E-state index in [-0.39, 0.29) is 0 Å². The quantitative estimate of drug-likeness (QED) is 0.713. The van der Waals surface area contributed by atoms with E-state index in [9.17, 15) is 0 Å². The minimum atomic E-state index is 0.427. The molecule has 2 aromatic carbocycles. The fourth-order valence-corrected chi connectivity index (χ4v) is 2.64. The summed E-state index contributed by atoms with van der Waals surface area (Å²) in [6.07, 6.45) is 0. The molecule has 1 nitrogen and oxygen atoms in total. The standard InChI is InChI=1S/C19H25N/c1-13(2)20(18-11-14(3)7-9-16(18)5)19-12-15(4)8-10-17(19)6/h7-13H,1-6H3. The van der Waals surface area contributed by atoms with E-state index in [1.165, 1.54) is 33.6 Å². The Morgan fingerprint density at radius 2 is 1.10 bits per heavy atom. The van der Waals surface area contributed by atoms with Crippen LogP contribution < -0.4 is 4.90 Å². The van der Waals surface area contributed by atoms with Crippen molar-refractivity contribution < 1.29 is 0 Å². The Labute approximate surface area is 123 Å². The second-order valence-corrected chi connectivity index (χ2v) is 6.04. The maximum atomic E-state index is 2.45. The molecule has 0 unspecified atom stereocenters. The molecule has 0 N–H and O–H groups in total. The summed E-state index contributed by atoms with van der Waals surface area (Å²) < 4.78 is 0. The van der Waals surface area contributed by atoms with Gasteiger partial charge in [0.2, 0.25) is 0 Å². The zero-order chi connectivity index (χ0) is 14.9. The van der Waals surface area contributed by atoms with Crippen LogP contribution in [-0.4, -0.2) is 6.04 Å². The highest BCUT2D eigenvalue weighted by Gasteiger charge is 2.17. The maximum Gasteiger partial charge on any atom is 0.0445 e. The minimum Gasteiger partial charge on any atom is -0.338 e. The van der Waals surface area contributed by atoms with Crippen molar-refractivity contribution in [1.82, 2.24) is 0 Å². The summed E-state index contributed by atoms with van der Waals surface area (Å²) in [5.74, 6) is 0. The summed E-state index contributed by atoms with van der Waals surface area (Å²) in [7, 11) is 0. The number of hydrogen-bond donors (Lipinski definition) is 0. The van der Waals surface area contributed by atoms with Crippen LogP contribution in [0.1, 0.15) is 36.1 Å². The van der Waals surface area contributed by atoms with Crippen LogP contribution >= 0.6 is 0 Å². The SMILES string of the molecule is Cc1ccc(C)c(N(c2cc(C)ccc2C)C(C)C)c1. The van der Waals surface area contributed by atoms with Crippen LogP contribution in [0.3, 0.4) is 0 Å². The van der Waals surface area contributed by atoms with Gasteiger partial charge in [-0.05, 0) is 75.9 Å². The van der Waals surface area contributed by atoms with E-state index in [4.69, 9.17) is 0 Å². The zero-order valence-corrected chi connectivity index (χ0v) is 13.5. The first-order valence-electron chi connectivity index (χ1n) is 7.34. The van der Waals surface area contributed by atoms with Gasteiger partial charge >= 0.3 is 0 Å². The molecule has 106 valence electrons. The molecular weight excluding hydrogens is 242 g/mol. The van der Waals surface area contributed by atoms with Gasteiger partial charge in [-0.1, -0.05) is 24.3 Å². The third-order valence-corrected chi connectivity index (χ3v) is 3.76. The molecule has 0 aromatic heterocycles. The number of rotatable bonds is 3. The summed E-state index contributed by atoms with van der Waals surface area (Å²) in [4.78, 5) is 2.45. The van der Waals surface area contributed by atoms with Crippen LogP contribution in [0.5, 0.6) is 0 Å².